The molecule has 130 valence electrons. The molecule has 0 fully saturated rings. The minimum atomic E-state index is -1.24. The summed E-state index contributed by atoms with van der Waals surface area (Å²) < 4.78 is 8.55. The van der Waals surface area contributed by atoms with Gasteiger partial charge < -0.3 is 20.1 Å². The molecule has 0 saturated heterocycles. The quantitative estimate of drug-likeness (QED) is 0.735. The van der Waals surface area contributed by atoms with E-state index in [0.717, 1.165) is 15.4 Å². The molecule has 1 aliphatic rings. The molecule has 2 aromatic rings. The van der Waals surface area contributed by atoms with E-state index in [2.05, 4.69) is 21.0 Å². The zero-order valence-electron chi connectivity index (χ0n) is 13.5. The van der Waals surface area contributed by atoms with Crippen LogP contribution in [0.4, 0.5) is 0 Å². The van der Waals surface area contributed by atoms with Gasteiger partial charge in [-0.1, -0.05) is 28.9 Å². The van der Waals surface area contributed by atoms with Gasteiger partial charge in [0.25, 0.3) is 0 Å². The van der Waals surface area contributed by atoms with Crippen molar-refractivity contribution in [2.24, 2.45) is 5.92 Å². The topological polar surface area (TPSA) is 87.7 Å². The van der Waals surface area contributed by atoms with Crippen molar-refractivity contribution in [1.29, 1.82) is 0 Å². The summed E-state index contributed by atoms with van der Waals surface area (Å²) in [7, 11) is 0. The van der Waals surface area contributed by atoms with Crippen LogP contribution in [0.2, 0.25) is 0 Å². The number of aliphatic hydroxyl groups is 3. The van der Waals surface area contributed by atoms with Gasteiger partial charge in [-0.2, -0.15) is 5.10 Å². The van der Waals surface area contributed by atoms with Crippen LogP contribution in [0.3, 0.4) is 0 Å². The number of aliphatic hydroxyl groups excluding tert-OH is 3. The maximum atomic E-state index is 10.3. The highest BCUT2D eigenvalue weighted by Crippen LogP contribution is 2.35. The van der Waals surface area contributed by atoms with Crippen LogP contribution in [0, 0.1) is 5.92 Å². The molecule has 1 aliphatic heterocycles. The van der Waals surface area contributed by atoms with E-state index in [0.29, 0.717) is 5.76 Å². The molecule has 0 amide bonds. The van der Waals surface area contributed by atoms with Gasteiger partial charge in [0.15, 0.2) is 0 Å². The molecule has 2 heterocycles. The SMILES string of the molecule is CC1=C[C@H](n2cc3c(Br)cccc3n2)[C@@H](C)[C@H](C(O)C(O)CO)O1. The molecular formula is C17H21BrN2O4. The molecule has 0 bridgehead atoms. The smallest absolute Gasteiger partial charge is 0.131 e. The zero-order chi connectivity index (χ0) is 17.4. The molecule has 0 radical (unpaired) electrons. The van der Waals surface area contributed by atoms with Crippen LogP contribution in [-0.4, -0.2) is 50.0 Å². The summed E-state index contributed by atoms with van der Waals surface area (Å²) >= 11 is 3.53. The van der Waals surface area contributed by atoms with Crippen LogP contribution in [0.5, 0.6) is 0 Å². The highest BCUT2D eigenvalue weighted by molar-refractivity contribution is 9.10. The van der Waals surface area contributed by atoms with Crippen LogP contribution < -0.4 is 0 Å². The number of nitrogens with zero attached hydrogens (tertiary/aromatic N) is 2. The predicted octanol–water partition coefficient (Wildman–Crippen LogP) is 1.99. The van der Waals surface area contributed by atoms with Crippen molar-refractivity contribution in [2.75, 3.05) is 6.61 Å². The van der Waals surface area contributed by atoms with E-state index in [1.807, 2.05) is 49.0 Å². The van der Waals surface area contributed by atoms with Gasteiger partial charge in [0, 0.05) is 22.0 Å². The fraction of sp³-hybridized carbons (Fsp3) is 0.471. The average molecular weight is 397 g/mol. The standard InChI is InChI=1S/C17H21BrN2O4/c1-9-6-14(10(2)17(24-9)16(23)15(22)8-21)20-7-11-12(18)4-3-5-13(11)19-20/h3-7,10,14-17,21-23H,8H2,1-2H3/t10-,14+,15?,16?,17-/m1/s1. The van der Waals surface area contributed by atoms with Crippen molar-refractivity contribution in [3.05, 3.63) is 40.7 Å². The molecule has 6 nitrogen and oxygen atoms in total. The van der Waals surface area contributed by atoms with Crippen molar-refractivity contribution >= 4 is 26.8 Å². The Bertz CT molecular complexity index is 760. The van der Waals surface area contributed by atoms with Crippen molar-refractivity contribution in [1.82, 2.24) is 9.78 Å². The lowest BCUT2D eigenvalue weighted by molar-refractivity contribution is -0.113. The van der Waals surface area contributed by atoms with Gasteiger partial charge in [-0.15, -0.1) is 0 Å². The first-order valence-electron chi connectivity index (χ1n) is 7.88. The van der Waals surface area contributed by atoms with E-state index >= 15 is 0 Å². The van der Waals surface area contributed by atoms with Crippen LogP contribution in [-0.2, 0) is 4.74 Å². The van der Waals surface area contributed by atoms with Crippen molar-refractivity contribution in [3.63, 3.8) is 0 Å². The van der Waals surface area contributed by atoms with E-state index in [1.54, 1.807) is 0 Å². The van der Waals surface area contributed by atoms with Gasteiger partial charge >= 0.3 is 0 Å². The Balaban J connectivity index is 1.96. The summed E-state index contributed by atoms with van der Waals surface area (Å²) in [5.41, 5.74) is 0.876. The number of benzene rings is 1. The Morgan fingerprint density at radius 3 is 2.79 bits per heavy atom. The summed E-state index contributed by atoms with van der Waals surface area (Å²) in [5.74, 6) is 0.517. The van der Waals surface area contributed by atoms with E-state index in [9.17, 15) is 10.2 Å². The Kier molecular flexibility index (Phi) is 4.96. The second-order valence-corrected chi connectivity index (χ2v) is 7.09. The average Bonchev–Trinajstić information content (AvgIpc) is 3.00. The van der Waals surface area contributed by atoms with Crippen molar-refractivity contribution in [2.45, 2.75) is 38.2 Å². The van der Waals surface area contributed by atoms with Gasteiger partial charge in [0.05, 0.1) is 23.9 Å². The third kappa shape index (κ3) is 3.09. The second-order valence-electron chi connectivity index (χ2n) is 6.23. The maximum absolute atomic E-state index is 10.3. The third-order valence-corrected chi connectivity index (χ3v) is 5.21. The first-order chi connectivity index (χ1) is 11.4. The highest BCUT2D eigenvalue weighted by Gasteiger charge is 2.39. The fourth-order valence-electron chi connectivity index (χ4n) is 3.15. The van der Waals surface area contributed by atoms with E-state index in [1.165, 1.54) is 0 Å². The molecule has 0 spiro atoms. The number of allylic oxidation sites excluding steroid dienone is 2. The maximum Gasteiger partial charge on any atom is 0.131 e. The van der Waals surface area contributed by atoms with Gasteiger partial charge in [0.1, 0.15) is 18.3 Å². The normalized spacial score (nSPS) is 26.8. The minimum Gasteiger partial charge on any atom is -0.492 e. The lowest BCUT2D eigenvalue weighted by Gasteiger charge is -2.38. The van der Waals surface area contributed by atoms with Gasteiger partial charge in [-0.3, -0.25) is 4.68 Å². The molecule has 1 aromatic carbocycles. The van der Waals surface area contributed by atoms with Gasteiger partial charge in [-0.05, 0) is 25.1 Å². The minimum absolute atomic E-state index is 0.122. The third-order valence-electron chi connectivity index (χ3n) is 4.52. The molecular weight excluding hydrogens is 376 g/mol. The number of rotatable bonds is 4. The molecule has 7 heteroatoms. The molecule has 0 saturated carbocycles. The summed E-state index contributed by atoms with van der Waals surface area (Å²) in [6.45, 7) is 3.23. The van der Waals surface area contributed by atoms with Crippen molar-refractivity contribution < 1.29 is 20.1 Å². The Labute approximate surface area is 148 Å². The van der Waals surface area contributed by atoms with Crippen LogP contribution in [0.25, 0.3) is 10.9 Å². The first kappa shape index (κ1) is 17.4. The zero-order valence-corrected chi connectivity index (χ0v) is 15.1. The summed E-state index contributed by atoms with van der Waals surface area (Å²) in [5, 5.41) is 34.8. The van der Waals surface area contributed by atoms with E-state index in [4.69, 9.17) is 9.84 Å². The monoisotopic (exact) mass is 396 g/mol. The molecule has 24 heavy (non-hydrogen) atoms. The first-order valence-corrected chi connectivity index (χ1v) is 8.67. The molecule has 3 N–H and O–H groups in total. The predicted molar refractivity (Wildman–Crippen MR) is 93.4 cm³/mol. The van der Waals surface area contributed by atoms with Gasteiger partial charge in [-0.25, -0.2) is 0 Å². The largest absolute Gasteiger partial charge is 0.492 e. The molecule has 1 aromatic heterocycles. The van der Waals surface area contributed by atoms with E-state index in [-0.39, 0.29) is 12.0 Å². The molecule has 2 unspecified atom stereocenters. The molecule has 5 atom stereocenters. The Hall–Kier alpha value is -1.41. The van der Waals surface area contributed by atoms with E-state index < -0.39 is 24.9 Å². The van der Waals surface area contributed by atoms with Crippen LogP contribution in [0.15, 0.2) is 40.7 Å². The lowest BCUT2D eigenvalue weighted by atomic mass is 9.87. The summed E-state index contributed by atoms with van der Waals surface area (Å²) in [6, 6.07) is 5.72. The lowest BCUT2D eigenvalue weighted by Crippen LogP contribution is -2.47. The molecule has 0 aliphatic carbocycles. The second kappa shape index (κ2) is 6.84. The Morgan fingerprint density at radius 2 is 2.12 bits per heavy atom. The number of hydrogen-bond acceptors (Lipinski definition) is 5. The van der Waals surface area contributed by atoms with Crippen LogP contribution in [0.1, 0.15) is 19.9 Å². The van der Waals surface area contributed by atoms with Gasteiger partial charge in [0.2, 0.25) is 0 Å². The number of halogens is 1. The number of hydrogen-bond donors (Lipinski definition) is 3. The van der Waals surface area contributed by atoms with Crippen molar-refractivity contribution in [3.8, 4) is 0 Å². The highest BCUT2D eigenvalue weighted by atomic mass is 79.9. The number of fused-ring (bicyclic) bond motifs is 1. The summed E-state index contributed by atoms with van der Waals surface area (Å²) in [6.07, 6.45) is 0.876. The number of ether oxygens (including phenoxy) is 1. The number of aromatic nitrogens is 2. The molecule has 3 rings (SSSR count). The van der Waals surface area contributed by atoms with Crippen LogP contribution >= 0.6 is 15.9 Å². The fourth-order valence-corrected chi connectivity index (χ4v) is 3.61. The summed E-state index contributed by atoms with van der Waals surface area (Å²) in [4.78, 5) is 0. The Morgan fingerprint density at radius 1 is 1.38 bits per heavy atom.